The van der Waals surface area contributed by atoms with Crippen molar-refractivity contribution in [3.63, 3.8) is 0 Å². The molecule has 1 unspecified atom stereocenters. The lowest BCUT2D eigenvalue weighted by Crippen LogP contribution is -2.15. The number of hydrogen-bond donors (Lipinski definition) is 1. The normalized spacial score (nSPS) is 13.1. The summed E-state index contributed by atoms with van der Waals surface area (Å²) in [6.07, 6.45) is 0. The number of nitrogens with zero attached hydrogens (tertiary/aromatic N) is 2. The van der Waals surface area contributed by atoms with Crippen molar-refractivity contribution in [3.8, 4) is 0 Å². The van der Waals surface area contributed by atoms with E-state index in [-0.39, 0.29) is 12.5 Å². The second kappa shape index (κ2) is 4.80. The van der Waals surface area contributed by atoms with E-state index < -0.39 is 5.97 Å². The number of aliphatic carboxylic acids is 1. The molecule has 1 aromatic heterocycles. The molecule has 0 amide bonds. The standard InChI is InChI=1S/C14H18N2O2/c1-9(2)10(3)14-15-11-6-4-5-7-12(11)16(14)8-13(17)18/h4-7,9-10H,8H2,1-3H3,(H,17,18). The number of aromatic nitrogens is 2. The van der Waals surface area contributed by atoms with Crippen molar-refractivity contribution >= 4 is 17.0 Å². The molecule has 0 aliphatic rings. The van der Waals surface area contributed by atoms with Gasteiger partial charge in [-0.25, -0.2) is 4.98 Å². The fraction of sp³-hybridized carbons (Fsp3) is 0.429. The number of carbonyl (C=O) groups is 1. The lowest BCUT2D eigenvalue weighted by Gasteiger charge is -2.16. The summed E-state index contributed by atoms with van der Waals surface area (Å²) in [6.45, 7) is 6.29. The van der Waals surface area contributed by atoms with Crippen molar-refractivity contribution in [1.82, 2.24) is 9.55 Å². The SMILES string of the molecule is CC(C)C(C)c1nc2ccccc2n1CC(=O)O. The molecule has 96 valence electrons. The van der Waals surface area contributed by atoms with Crippen LogP contribution in [0.1, 0.15) is 32.5 Å². The molecule has 0 saturated heterocycles. The van der Waals surface area contributed by atoms with Gasteiger partial charge in [-0.15, -0.1) is 0 Å². The van der Waals surface area contributed by atoms with E-state index >= 15 is 0 Å². The van der Waals surface area contributed by atoms with E-state index in [0.717, 1.165) is 16.9 Å². The van der Waals surface area contributed by atoms with Gasteiger partial charge in [-0.1, -0.05) is 32.9 Å². The number of carboxylic acid groups (broad SMARTS) is 1. The quantitative estimate of drug-likeness (QED) is 0.902. The molecule has 0 spiro atoms. The minimum atomic E-state index is -0.838. The Labute approximate surface area is 106 Å². The number of para-hydroxylation sites is 2. The number of rotatable bonds is 4. The fourth-order valence-corrected chi connectivity index (χ4v) is 2.04. The van der Waals surface area contributed by atoms with Gasteiger partial charge >= 0.3 is 5.97 Å². The zero-order valence-electron chi connectivity index (χ0n) is 10.9. The lowest BCUT2D eigenvalue weighted by molar-refractivity contribution is -0.137. The fourth-order valence-electron chi connectivity index (χ4n) is 2.04. The van der Waals surface area contributed by atoms with Gasteiger partial charge < -0.3 is 9.67 Å². The lowest BCUT2D eigenvalue weighted by atomic mass is 9.97. The van der Waals surface area contributed by atoms with E-state index in [0.29, 0.717) is 5.92 Å². The van der Waals surface area contributed by atoms with Gasteiger partial charge in [0.05, 0.1) is 11.0 Å². The Balaban J connectivity index is 2.60. The van der Waals surface area contributed by atoms with E-state index in [9.17, 15) is 4.79 Å². The molecule has 0 aliphatic carbocycles. The van der Waals surface area contributed by atoms with Crippen LogP contribution in [0.3, 0.4) is 0 Å². The van der Waals surface area contributed by atoms with Crippen LogP contribution >= 0.6 is 0 Å². The molecule has 1 N–H and O–H groups in total. The zero-order valence-corrected chi connectivity index (χ0v) is 10.9. The Morgan fingerprint density at radius 2 is 2.00 bits per heavy atom. The summed E-state index contributed by atoms with van der Waals surface area (Å²) >= 11 is 0. The molecule has 1 heterocycles. The van der Waals surface area contributed by atoms with Gasteiger partial charge in [0.15, 0.2) is 0 Å². The van der Waals surface area contributed by atoms with Crippen LogP contribution in [0, 0.1) is 5.92 Å². The Bertz CT molecular complexity index is 572. The minimum absolute atomic E-state index is 0.0348. The molecule has 0 bridgehead atoms. The molecule has 1 atom stereocenters. The number of carboxylic acids is 1. The van der Waals surface area contributed by atoms with Crippen LogP contribution in [0.2, 0.25) is 0 Å². The molecule has 1 aromatic carbocycles. The molecular weight excluding hydrogens is 228 g/mol. The summed E-state index contributed by atoms with van der Waals surface area (Å²) in [7, 11) is 0. The van der Waals surface area contributed by atoms with Crippen LogP contribution in [0.15, 0.2) is 24.3 Å². The molecule has 4 nitrogen and oxygen atoms in total. The second-order valence-corrected chi connectivity index (χ2v) is 4.97. The van der Waals surface area contributed by atoms with Gasteiger partial charge in [0.1, 0.15) is 12.4 Å². The number of hydrogen-bond acceptors (Lipinski definition) is 2. The van der Waals surface area contributed by atoms with E-state index in [2.05, 4.69) is 25.8 Å². The van der Waals surface area contributed by atoms with Crippen LogP contribution in [0.5, 0.6) is 0 Å². The monoisotopic (exact) mass is 246 g/mol. The van der Waals surface area contributed by atoms with Crippen LogP contribution in [0.25, 0.3) is 11.0 Å². The summed E-state index contributed by atoms with van der Waals surface area (Å²) in [6, 6.07) is 7.67. The highest BCUT2D eigenvalue weighted by Crippen LogP contribution is 2.26. The van der Waals surface area contributed by atoms with E-state index in [4.69, 9.17) is 5.11 Å². The van der Waals surface area contributed by atoms with Gasteiger partial charge in [0, 0.05) is 5.92 Å². The predicted molar refractivity (Wildman–Crippen MR) is 70.6 cm³/mol. The maximum Gasteiger partial charge on any atom is 0.323 e. The molecular formula is C14H18N2O2. The van der Waals surface area contributed by atoms with E-state index in [1.54, 1.807) is 0 Å². The van der Waals surface area contributed by atoms with Crippen molar-refractivity contribution in [2.75, 3.05) is 0 Å². The summed E-state index contributed by atoms with van der Waals surface area (Å²) in [5.41, 5.74) is 1.75. The first-order valence-corrected chi connectivity index (χ1v) is 6.17. The molecule has 0 radical (unpaired) electrons. The maximum absolute atomic E-state index is 11.0. The Hall–Kier alpha value is -1.84. The predicted octanol–water partition coefficient (Wildman–Crippen LogP) is 2.88. The van der Waals surface area contributed by atoms with Crippen molar-refractivity contribution in [1.29, 1.82) is 0 Å². The third-order valence-electron chi connectivity index (χ3n) is 3.38. The summed E-state index contributed by atoms with van der Waals surface area (Å²) < 4.78 is 1.81. The van der Waals surface area contributed by atoms with E-state index in [1.807, 2.05) is 28.8 Å². The highest BCUT2D eigenvalue weighted by atomic mass is 16.4. The van der Waals surface area contributed by atoms with Gasteiger partial charge in [-0.3, -0.25) is 4.79 Å². The van der Waals surface area contributed by atoms with Gasteiger partial charge in [0.2, 0.25) is 0 Å². The van der Waals surface area contributed by atoms with Crippen LogP contribution in [-0.4, -0.2) is 20.6 Å². The zero-order chi connectivity index (χ0) is 13.3. The Morgan fingerprint density at radius 1 is 1.33 bits per heavy atom. The summed E-state index contributed by atoms with van der Waals surface area (Å²) in [5, 5.41) is 9.04. The van der Waals surface area contributed by atoms with Crippen molar-refractivity contribution < 1.29 is 9.90 Å². The van der Waals surface area contributed by atoms with Crippen molar-refractivity contribution in [2.24, 2.45) is 5.92 Å². The van der Waals surface area contributed by atoms with Crippen LogP contribution in [-0.2, 0) is 11.3 Å². The van der Waals surface area contributed by atoms with Crippen LogP contribution < -0.4 is 0 Å². The number of imidazole rings is 1. The van der Waals surface area contributed by atoms with Crippen LogP contribution in [0.4, 0.5) is 0 Å². The maximum atomic E-state index is 11.0. The van der Waals surface area contributed by atoms with E-state index in [1.165, 1.54) is 0 Å². The first-order chi connectivity index (χ1) is 8.50. The smallest absolute Gasteiger partial charge is 0.323 e. The molecule has 2 aromatic rings. The molecule has 0 saturated carbocycles. The average Bonchev–Trinajstić information content (AvgIpc) is 2.66. The minimum Gasteiger partial charge on any atom is -0.480 e. The van der Waals surface area contributed by atoms with Crippen molar-refractivity contribution in [3.05, 3.63) is 30.1 Å². The highest BCUT2D eigenvalue weighted by molar-refractivity contribution is 5.78. The number of benzene rings is 1. The molecule has 0 fully saturated rings. The summed E-state index contributed by atoms with van der Waals surface area (Å²) in [4.78, 5) is 15.6. The van der Waals surface area contributed by atoms with Crippen molar-refractivity contribution in [2.45, 2.75) is 33.2 Å². The molecule has 2 rings (SSSR count). The van der Waals surface area contributed by atoms with Gasteiger partial charge in [-0.2, -0.15) is 0 Å². The third-order valence-corrected chi connectivity index (χ3v) is 3.38. The molecule has 4 heteroatoms. The Morgan fingerprint density at radius 3 is 2.61 bits per heavy atom. The first-order valence-electron chi connectivity index (χ1n) is 6.17. The Kier molecular flexibility index (Phi) is 3.36. The summed E-state index contributed by atoms with van der Waals surface area (Å²) in [5.74, 6) is 0.676. The number of fused-ring (bicyclic) bond motifs is 1. The second-order valence-electron chi connectivity index (χ2n) is 4.97. The highest BCUT2D eigenvalue weighted by Gasteiger charge is 2.20. The average molecular weight is 246 g/mol. The van der Waals surface area contributed by atoms with Gasteiger partial charge in [0.25, 0.3) is 0 Å². The molecule has 0 aliphatic heterocycles. The topological polar surface area (TPSA) is 55.1 Å². The largest absolute Gasteiger partial charge is 0.480 e. The van der Waals surface area contributed by atoms with Gasteiger partial charge in [-0.05, 0) is 18.1 Å². The molecule has 18 heavy (non-hydrogen) atoms. The third kappa shape index (κ3) is 2.23. The first kappa shape index (κ1) is 12.6.